The lowest BCUT2D eigenvalue weighted by atomic mass is 10.1. The lowest BCUT2D eigenvalue weighted by molar-refractivity contribution is 0.0950. The average molecular weight is 362 g/mol. The number of rotatable bonds is 8. The molecule has 3 rings (SSSR count). The van der Waals surface area contributed by atoms with Crippen LogP contribution < -0.4 is 15.4 Å². The average Bonchev–Trinajstić information content (AvgIpc) is 2.73. The number of pyridine rings is 2. The number of hydrogen-bond donors (Lipinski definition) is 2. The Bertz CT molecular complexity index is 867. The third-order valence-corrected chi connectivity index (χ3v) is 4.09. The summed E-state index contributed by atoms with van der Waals surface area (Å²) in [4.78, 5) is 20.5. The summed E-state index contributed by atoms with van der Waals surface area (Å²) in [5.41, 5.74) is 2.61. The fourth-order valence-electron chi connectivity index (χ4n) is 2.65. The molecule has 0 unspecified atom stereocenters. The number of anilines is 1. The summed E-state index contributed by atoms with van der Waals surface area (Å²) in [6, 6.07) is 15.3. The molecule has 0 atom stereocenters. The number of nitrogens with zero attached hydrogens (tertiary/aromatic N) is 2. The molecule has 0 bridgehead atoms. The van der Waals surface area contributed by atoms with Crippen molar-refractivity contribution in [2.75, 3.05) is 19.0 Å². The molecule has 0 fully saturated rings. The second-order valence-corrected chi connectivity index (χ2v) is 5.96. The third kappa shape index (κ3) is 5.28. The van der Waals surface area contributed by atoms with Crippen molar-refractivity contribution in [3.8, 4) is 5.75 Å². The van der Waals surface area contributed by atoms with Crippen LogP contribution in [-0.4, -0.2) is 29.5 Å². The zero-order valence-corrected chi connectivity index (χ0v) is 15.2. The van der Waals surface area contributed by atoms with Crippen LogP contribution in [0.3, 0.4) is 0 Å². The highest BCUT2D eigenvalue weighted by molar-refractivity contribution is 5.93. The quantitative estimate of drug-likeness (QED) is 0.644. The van der Waals surface area contributed by atoms with Gasteiger partial charge in [0.2, 0.25) is 0 Å². The number of benzene rings is 1. The second-order valence-electron chi connectivity index (χ2n) is 5.96. The second kappa shape index (κ2) is 9.33. The number of methoxy groups -OCH3 is 1. The fourth-order valence-corrected chi connectivity index (χ4v) is 2.65. The number of amides is 1. The van der Waals surface area contributed by atoms with Gasteiger partial charge in [0.25, 0.3) is 5.91 Å². The van der Waals surface area contributed by atoms with Gasteiger partial charge in [0.05, 0.1) is 12.7 Å². The highest BCUT2D eigenvalue weighted by Gasteiger charge is 2.06. The van der Waals surface area contributed by atoms with Crippen LogP contribution in [0.4, 0.5) is 5.82 Å². The molecular formula is C21H22N4O2. The molecule has 1 amide bonds. The van der Waals surface area contributed by atoms with Gasteiger partial charge in [-0.3, -0.25) is 9.78 Å². The zero-order valence-electron chi connectivity index (χ0n) is 15.2. The molecule has 0 aliphatic carbocycles. The number of aromatic nitrogens is 2. The minimum atomic E-state index is -0.160. The zero-order chi connectivity index (χ0) is 18.9. The molecular weight excluding hydrogens is 340 g/mol. The Morgan fingerprint density at radius 3 is 2.70 bits per heavy atom. The summed E-state index contributed by atoms with van der Waals surface area (Å²) in [5.74, 6) is 1.45. The van der Waals surface area contributed by atoms with Gasteiger partial charge in [0, 0.05) is 31.7 Å². The van der Waals surface area contributed by atoms with E-state index in [9.17, 15) is 4.79 Å². The Morgan fingerprint density at radius 1 is 1.07 bits per heavy atom. The lowest BCUT2D eigenvalue weighted by Gasteiger charge is -2.10. The van der Waals surface area contributed by atoms with Gasteiger partial charge in [-0.15, -0.1) is 0 Å². The van der Waals surface area contributed by atoms with Crippen LogP contribution in [0.5, 0.6) is 5.75 Å². The topological polar surface area (TPSA) is 76.1 Å². The van der Waals surface area contributed by atoms with Crippen molar-refractivity contribution in [2.45, 2.75) is 13.0 Å². The van der Waals surface area contributed by atoms with Gasteiger partial charge in [0.1, 0.15) is 11.6 Å². The van der Waals surface area contributed by atoms with E-state index in [4.69, 9.17) is 4.74 Å². The molecule has 2 aromatic heterocycles. The summed E-state index contributed by atoms with van der Waals surface area (Å²) in [6.45, 7) is 1.16. The van der Waals surface area contributed by atoms with Crippen molar-refractivity contribution in [3.63, 3.8) is 0 Å². The van der Waals surface area contributed by atoms with E-state index in [-0.39, 0.29) is 5.91 Å². The summed E-state index contributed by atoms with van der Waals surface area (Å²) >= 11 is 0. The predicted molar refractivity (Wildman–Crippen MR) is 105 cm³/mol. The van der Waals surface area contributed by atoms with Crippen molar-refractivity contribution in [3.05, 3.63) is 83.8 Å². The third-order valence-electron chi connectivity index (χ3n) is 4.09. The molecule has 0 aliphatic rings. The molecule has 138 valence electrons. The Hall–Kier alpha value is -3.41. The van der Waals surface area contributed by atoms with E-state index >= 15 is 0 Å². The first-order valence-corrected chi connectivity index (χ1v) is 8.75. The molecule has 6 heteroatoms. The minimum absolute atomic E-state index is 0.160. The number of para-hydroxylation sites is 1. The number of nitrogens with one attached hydrogen (secondary N) is 2. The maximum Gasteiger partial charge on any atom is 0.253 e. The van der Waals surface area contributed by atoms with Crippen molar-refractivity contribution in [1.29, 1.82) is 0 Å². The molecule has 1 aromatic carbocycles. The molecule has 3 aromatic rings. The van der Waals surface area contributed by atoms with Crippen molar-refractivity contribution in [1.82, 2.24) is 15.3 Å². The normalized spacial score (nSPS) is 10.3. The molecule has 6 nitrogen and oxygen atoms in total. The first kappa shape index (κ1) is 18.4. The Labute approximate surface area is 158 Å². The van der Waals surface area contributed by atoms with E-state index in [0.717, 1.165) is 35.7 Å². The predicted octanol–water partition coefficient (Wildman–Crippen LogP) is 3.07. The minimum Gasteiger partial charge on any atom is -0.496 e. The van der Waals surface area contributed by atoms with Crippen molar-refractivity contribution >= 4 is 11.7 Å². The van der Waals surface area contributed by atoms with Gasteiger partial charge < -0.3 is 15.4 Å². The van der Waals surface area contributed by atoms with Crippen LogP contribution >= 0.6 is 0 Å². The molecule has 27 heavy (non-hydrogen) atoms. The molecule has 0 spiro atoms. The van der Waals surface area contributed by atoms with Crippen molar-refractivity contribution in [2.24, 2.45) is 0 Å². The van der Waals surface area contributed by atoms with Gasteiger partial charge >= 0.3 is 0 Å². The first-order chi connectivity index (χ1) is 13.3. The van der Waals surface area contributed by atoms with Crippen LogP contribution in [-0.2, 0) is 13.0 Å². The summed E-state index contributed by atoms with van der Waals surface area (Å²) < 4.78 is 5.35. The van der Waals surface area contributed by atoms with E-state index in [1.807, 2.05) is 36.4 Å². The van der Waals surface area contributed by atoms with Crippen LogP contribution in [0.15, 0.2) is 67.1 Å². The fraction of sp³-hybridized carbons (Fsp3) is 0.190. The SMILES string of the molecule is COc1ccccc1CCNc1ccc(C(=O)NCc2cccnc2)cn1. The molecule has 2 heterocycles. The smallest absolute Gasteiger partial charge is 0.253 e. The highest BCUT2D eigenvalue weighted by atomic mass is 16.5. The van der Waals surface area contributed by atoms with Gasteiger partial charge in [-0.1, -0.05) is 24.3 Å². The van der Waals surface area contributed by atoms with Crippen LogP contribution in [0.1, 0.15) is 21.5 Å². The van der Waals surface area contributed by atoms with Gasteiger partial charge in [-0.2, -0.15) is 0 Å². The Morgan fingerprint density at radius 2 is 1.96 bits per heavy atom. The monoisotopic (exact) mass is 362 g/mol. The van der Waals surface area contributed by atoms with Gasteiger partial charge in [0.15, 0.2) is 0 Å². The molecule has 2 N–H and O–H groups in total. The number of ether oxygens (including phenoxy) is 1. The molecule has 0 saturated heterocycles. The van der Waals surface area contributed by atoms with E-state index < -0.39 is 0 Å². The Balaban J connectivity index is 1.49. The molecule has 0 radical (unpaired) electrons. The van der Waals surface area contributed by atoms with Crippen LogP contribution in [0, 0.1) is 0 Å². The number of hydrogen-bond acceptors (Lipinski definition) is 5. The maximum atomic E-state index is 12.2. The first-order valence-electron chi connectivity index (χ1n) is 8.75. The van der Waals surface area contributed by atoms with Crippen LogP contribution in [0.2, 0.25) is 0 Å². The number of carbonyl (C=O) groups is 1. The summed E-state index contributed by atoms with van der Waals surface area (Å²) in [5, 5.41) is 6.12. The highest BCUT2D eigenvalue weighted by Crippen LogP contribution is 2.17. The lowest BCUT2D eigenvalue weighted by Crippen LogP contribution is -2.23. The largest absolute Gasteiger partial charge is 0.496 e. The van der Waals surface area contributed by atoms with Gasteiger partial charge in [-0.05, 0) is 41.8 Å². The van der Waals surface area contributed by atoms with Gasteiger partial charge in [-0.25, -0.2) is 4.98 Å². The molecule has 0 aliphatic heterocycles. The maximum absolute atomic E-state index is 12.2. The van der Waals surface area contributed by atoms with Crippen LogP contribution in [0.25, 0.3) is 0 Å². The van der Waals surface area contributed by atoms with E-state index in [0.29, 0.717) is 12.1 Å². The van der Waals surface area contributed by atoms with E-state index in [1.165, 1.54) is 0 Å². The van der Waals surface area contributed by atoms with E-state index in [1.54, 1.807) is 37.8 Å². The standard InChI is InChI=1S/C21H22N4O2/c1-27-19-7-3-2-6-17(19)10-12-23-20-9-8-18(15-24-20)21(26)25-14-16-5-4-11-22-13-16/h2-9,11,13,15H,10,12,14H2,1H3,(H,23,24)(H,25,26). The number of carbonyl (C=O) groups excluding carboxylic acids is 1. The summed E-state index contributed by atoms with van der Waals surface area (Å²) in [7, 11) is 1.67. The van der Waals surface area contributed by atoms with Crippen molar-refractivity contribution < 1.29 is 9.53 Å². The molecule has 0 saturated carbocycles. The Kier molecular flexibility index (Phi) is 6.35. The summed E-state index contributed by atoms with van der Waals surface area (Å²) in [6.07, 6.45) is 5.82. The van der Waals surface area contributed by atoms with E-state index in [2.05, 4.69) is 20.6 Å².